The van der Waals surface area contributed by atoms with Gasteiger partial charge in [0, 0.05) is 6.54 Å². The number of methoxy groups -OCH3 is 1. The van der Waals surface area contributed by atoms with Crippen LogP contribution in [0.2, 0.25) is 0 Å². The van der Waals surface area contributed by atoms with Crippen molar-refractivity contribution in [3.8, 4) is 11.5 Å². The number of nitrogens with one attached hydrogen (secondary N) is 2. The molecule has 0 spiro atoms. The van der Waals surface area contributed by atoms with Gasteiger partial charge in [0.2, 0.25) is 0 Å². The number of ether oxygens (including phenoxy) is 2. The first-order valence-corrected chi connectivity index (χ1v) is 7.62. The molecule has 6 heteroatoms. The van der Waals surface area contributed by atoms with Crippen LogP contribution in [0.15, 0.2) is 48.5 Å². The first-order chi connectivity index (χ1) is 11.2. The number of benzene rings is 2. The number of thiocarbonyl (C=S) groups is 1. The molecule has 0 aliphatic carbocycles. The molecule has 0 aromatic heterocycles. The molecule has 0 heterocycles. The van der Waals surface area contributed by atoms with E-state index in [1.807, 2.05) is 24.3 Å². The van der Waals surface area contributed by atoms with Crippen LogP contribution >= 0.6 is 12.2 Å². The van der Waals surface area contributed by atoms with Crippen LogP contribution < -0.4 is 20.1 Å². The molecule has 2 aromatic carbocycles. The Hall–Kier alpha value is -2.34. The molecule has 2 aromatic rings. The van der Waals surface area contributed by atoms with E-state index in [9.17, 15) is 4.39 Å². The van der Waals surface area contributed by atoms with Gasteiger partial charge in [0.1, 0.15) is 12.4 Å². The van der Waals surface area contributed by atoms with Crippen molar-refractivity contribution in [1.29, 1.82) is 0 Å². The summed E-state index contributed by atoms with van der Waals surface area (Å²) < 4.78 is 23.7. The fourth-order valence-corrected chi connectivity index (χ4v) is 2.08. The highest BCUT2D eigenvalue weighted by Crippen LogP contribution is 2.25. The Morgan fingerprint density at radius 1 is 1.04 bits per heavy atom. The Labute approximate surface area is 140 Å². The maximum Gasteiger partial charge on any atom is 0.166 e. The van der Waals surface area contributed by atoms with Gasteiger partial charge < -0.3 is 20.1 Å². The molecule has 2 rings (SSSR count). The Morgan fingerprint density at radius 2 is 1.74 bits per heavy atom. The fraction of sp³-hybridized carbons (Fsp3) is 0.235. The number of hydrogen-bond donors (Lipinski definition) is 2. The largest absolute Gasteiger partial charge is 0.493 e. The summed E-state index contributed by atoms with van der Waals surface area (Å²) in [5.74, 6) is 1.15. The number of hydrogen-bond acceptors (Lipinski definition) is 3. The summed E-state index contributed by atoms with van der Waals surface area (Å²) in [5, 5.41) is 6.64. The van der Waals surface area contributed by atoms with E-state index < -0.39 is 0 Å². The second-order valence-electron chi connectivity index (χ2n) is 4.74. The van der Waals surface area contributed by atoms with Gasteiger partial charge in [0.25, 0.3) is 0 Å². The zero-order valence-electron chi connectivity index (χ0n) is 12.8. The third-order valence-electron chi connectivity index (χ3n) is 3.08. The van der Waals surface area contributed by atoms with E-state index in [0.29, 0.717) is 36.3 Å². The van der Waals surface area contributed by atoms with Gasteiger partial charge in [-0.05, 0) is 42.0 Å². The summed E-state index contributed by atoms with van der Waals surface area (Å²) in [4.78, 5) is 0. The van der Waals surface area contributed by atoms with E-state index in [1.54, 1.807) is 19.2 Å². The maximum atomic E-state index is 12.8. The van der Waals surface area contributed by atoms with Crippen LogP contribution in [0.5, 0.6) is 11.5 Å². The normalized spacial score (nSPS) is 10.0. The SMILES string of the molecule is COc1ccccc1OCCNC(=S)NCc1ccc(F)cc1. The van der Waals surface area contributed by atoms with Gasteiger partial charge in [0.15, 0.2) is 16.6 Å². The van der Waals surface area contributed by atoms with Crippen LogP contribution in [0.1, 0.15) is 5.56 Å². The molecule has 0 fully saturated rings. The van der Waals surface area contributed by atoms with E-state index in [1.165, 1.54) is 12.1 Å². The molecule has 0 unspecified atom stereocenters. The van der Waals surface area contributed by atoms with Crippen molar-refractivity contribution in [2.45, 2.75) is 6.54 Å². The first-order valence-electron chi connectivity index (χ1n) is 7.21. The van der Waals surface area contributed by atoms with Crippen LogP contribution in [0.4, 0.5) is 4.39 Å². The zero-order chi connectivity index (χ0) is 16.5. The highest BCUT2D eigenvalue weighted by atomic mass is 32.1. The number of rotatable bonds is 7. The highest BCUT2D eigenvalue weighted by molar-refractivity contribution is 7.80. The highest BCUT2D eigenvalue weighted by Gasteiger charge is 2.02. The van der Waals surface area contributed by atoms with Crippen LogP contribution in [0.3, 0.4) is 0 Å². The summed E-state index contributed by atoms with van der Waals surface area (Å²) in [6.45, 7) is 1.56. The summed E-state index contributed by atoms with van der Waals surface area (Å²) in [6.07, 6.45) is 0. The predicted molar refractivity (Wildman–Crippen MR) is 92.3 cm³/mol. The molecular formula is C17H19FN2O2S. The molecular weight excluding hydrogens is 315 g/mol. The van der Waals surface area contributed by atoms with Gasteiger partial charge in [-0.25, -0.2) is 4.39 Å². The van der Waals surface area contributed by atoms with E-state index in [4.69, 9.17) is 21.7 Å². The minimum Gasteiger partial charge on any atom is -0.493 e. The van der Waals surface area contributed by atoms with Crippen molar-refractivity contribution in [1.82, 2.24) is 10.6 Å². The Morgan fingerprint density at radius 3 is 2.43 bits per heavy atom. The molecule has 122 valence electrons. The molecule has 0 saturated heterocycles. The third kappa shape index (κ3) is 5.75. The zero-order valence-corrected chi connectivity index (χ0v) is 13.7. The number of halogens is 1. The van der Waals surface area contributed by atoms with Gasteiger partial charge in [-0.3, -0.25) is 0 Å². The predicted octanol–water partition coefficient (Wildman–Crippen LogP) is 2.88. The van der Waals surface area contributed by atoms with Gasteiger partial charge in [0.05, 0.1) is 13.7 Å². The van der Waals surface area contributed by atoms with Crippen LogP contribution in [-0.2, 0) is 6.54 Å². The van der Waals surface area contributed by atoms with Crippen LogP contribution in [0, 0.1) is 5.82 Å². The number of para-hydroxylation sites is 2. The summed E-state index contributed by atoms with van der Waals surface area (Å²) in [7, 11) is 1.61. The lowest BCUT2D eigenvalue weighted by molar-refractivity contribution is 0.298. The Kier molecular flexibility index (Phi) is 6.62. The molecule has 0 radical (unpaired) electrons. The van der Waals surface area contributed by atoms with Crippen molar-refractivity contribution >= 4 is 17.3 Å². The second-order valence-corrected chi connectivity index (χ2v) is 5.14. The molecule has 0 atom stereocenters. The molecule has 0 bridgehead atoms. The van der Waals surface area contributed by atoms with Gasteiger partial charge in [-0.2, -0.15) is 0 Å². The molecule has 0 saturated carbocycles. The van der Waals surface area contributed by atoms with Crippen LogP contribution in [-0.4, -0.2) is 25.4 Å². The van der Waals surface area contributed by atoms with E-state index >= 15 is 0 Å². The summed E-state index contributed by atoms with van der Waals surface area (Å²) in [5.41, 5.74) is 0.959. The van der Waals surface area contributed by atoms with Crippen molar-refractivity contribution in [3.63, 3.8) is 0 Å². The van der Waals surface area contributed by atoms with Crippen molar-refractivity contribution < 1.29 is 13.9 Å². The monoisotopic (exact) mass is 334 g/mol. The maximum absolute atomic E-state index is 12.8. The second kappa shape index (κ2) is 8.95. The molecule has 4 nitrogen and oxygen atoms in total. The third-order valence-corrected chi connectivity index (χ3v) is 3.37. The Balaban J connectivity index is 1.66. The van der Waals surface area contributed by atoms with E-state index in [-0.39, 0.29) is 5.82 Å². The van der Waals surface area contributed by atoms with E-state index in [2.05, 4.69) is 10.6 Å². The van der Waals surface area contributed by atoms with Crippen LogP contribution in [0.25, 0.3) is 0 Å². The van der Waals surface area contributed by atoms with Crippen molar-refractivity contribution in [3.05, 3.63) is 59.9 Å². The van der Waals surface area contributed by atoms with Gasteiger partial charge >= 0.3 is 0 Å². The molecule has 0 aliphatic heterocycles. The standard InChI is InChI=1S/C17H19FN2O2S/c1-21-15-4-2-3-5-16(15)22-11-10-19-17(23)20-12-13-6-8-14(18)9-7-13/h2-9H,10-12H2,1H3,(H2,19,20,23). The lowest BCUT2D eigenvalue weighted by Crippen LogP contribution is -2.37. The molecule has 23 heavy (non-hydrogen) atoms. The topological polar surface area (TPSA) is 42.5 Å². The molecule has 2 N–H and O–H groups in total. The Bertz CT molecular complexity index is 635. The molecule has 0 aliphatic rings. The lowest BCUT2D eigenvalue weighted by Gasteiger charge is -2.13. The van der Waals surface area contributed by atoms with E-state index in [0.717, 1.165) is 5.56 Å². The quantitative estimate of drug-likeness (QED) is 0.602. The fourth-order valence-electron chi connectivity index (χ4n) is 1.91. The average Bonchev–Trinajstić information content (AvgIpc) is 2.58. The molecule has 0 amide bonds. The van der Waals surface area contributed by atoms with Crippen molar-refractivity contribution in [2.75, 3.05) is 20.3 Å². The van der Waals surface area contributed by atoms with Gasteiger partial charge in [-0.15, -0.1) is 0 Å². The smallest absolute Gasteiger partial charge is 0.166 e. The summed E-state index contributed by atoms with van der Waals surface area (Å²) in [6, 6.07) is 13.8. The average molecular weight is 334 g/mol. The first kappa shape index (κ1) is 17.0. The van der Waals surface area contributed by atoms with Gasteiger partial charge in [-0.1, -0.05) is 24.3 Å². The minimum absolute atomic E-state index is 0.247. The lowest BCUT2D eigenvalue weighted by atomic mass is 10.2. The minimum atomic E-state index is -0.247. The summed E-state index contributed by atoms with van der Waals surface area (Å²) >= 11 is 5.18. The van der Waals surface area contributed by atoms with Crippen molar-refractivity contribution in [2.24, 2.45) is 0 Å².